The van der Waals surface area contributed by atoms with Crippen molar-refractivity contribution in [1.82, 2.24) is 5.32 Å². The van der Waals surface area contributed by atoms with E-state index in [0.717, 1.165) is 16.9 Å². The predicted molar refractivity (Wildman–Crippen MR) is 104 cm³/mol. The van der Waals surface area contributed by atoms with Crippen LogP contribution in [0.2, 0.25) is 0 Å². The number of methoxy groups -OCH3 is 1. The standard InChI is InChI=1S/C22H27NO2/c1-16(19-8-6-7-9-20(19)25-5)23-21(24)15-12-17-10-13-18(14-11-17)22(2,3)4/h6-16H,1-5H3,(H,23,24)/b15-12+/t16-/m1/s1. The van der Waals surface area contributed by atoms with Crippen LogP contribution in [-0.2, 0) is 10.2 Å². The third kappa shape index (κ3) is 5.21. The number of benzene rings is 2. The largest absolute Gasteiger partial charge is 0.496 e. The molecular formula is C22H27NO2. The van der Waals surface area contributed by atoms with E-state index in [1.807, 2.05) is 49.4 Å². The second kappa shape index (κ2) is 8.02. The molecule has 0 aliphatic rings. The molecule has 2 aromatic rings. The molecule has 0 saturated carbocycles. The molecule has 1 N–H and O–H groups in total. The average molecular weight is 337 g/mol. The number of hydrogen-bond acceptors (Lipinski definition) is 2. The normalized spacial score (nSPS) is 12.8. The number of amides is 1. The van der Waals surface area contributed by atoms with Crippen molar-refractivity contribution in [3.8, 4) is 5.75 Å². The Labute approximate surface area is 150 Å². The zero-order valence-corrected chi connectivity index (χ0v) is 15.7. The van der Waals surface area contributed by atoms with Gasteiger partial charge in [0.05, 0.1) is 13.2 Å². The van der Waals surface area contributed by atoms with Crippen LogP contribution in [0, 0.1) is 0 Å². The van der Waals surface area contributed by atoms with Gasteiger partial charge in [-0.3, -0.25) is 4.79 Å². The van der Waals surface area contributed by atoms with Gasteiger partial charge in [-0.25, -0.2) is 0 Å². The summed E-state index contributed by atoms with van der Waals surface area (Å²) in [5.74, 6) is 0.648. The Balaban J connectivity index is 2.01. The second-order valence-electron chi connectivity index (χ2n) is 7.18. The summed E-state index contributed by atoms with van der Waals surface area (Å²) >= 11 is 0. The van der Waals surface area contributed by atoms with Gasteiger partial charge in [0.15, 0.2) is 0 Å². The Morgan fingerprint density at radius 3 is 2.32 bits per heavy atom. The first kappa shape index (κ1) is 18.8. The summed E-state index contributed by atoms with van der Waals surface area (Å²) in [5.41, 5.74) is 3.37. The maximum Gasteiger partial charge on any atom is 0.244 e. The molecule has 132 valence electrons. The van der Waals surface area contributed by atoms with Crippen molar-refractivity contribution in [2.75, 3.05) is 7.11 Å². The smallest absolute Gasteiger partial charge is 0.244 e. The van der Waals surface area contributed by atoms with Gasteiger partial charge in [-0.1, -0.05) is 63.2 Å². The molecule has 0 radical (unpaired) electrons. The van der Waals surface area contributed by atoms with Crippen molar-refractivity contribution < 1.29 is 9.53 Å². The van der Waals surface area contributed by atoms with E-state index in [9.17, 15) is 4.79 Å². The summed E-state index contributed by atoms with van der Waals surface area (Å²) in [7, 11) is 1.63. The monoisotopic (exact) mass is 337 g/mol. The molecule has 0 bridgehead atoms. The lowest BCUT2D eigenvalue weighted by molar-refractivity contribution is -0.117. The van der Waals surface area contributed by atoms with Crippen LogP contribution in [0.25, 0.3) is 6.08 Å². The molecule has 0 spiro atoms. The van der Waals surface area contributed by atoms with Crippen LogP contribution in [-0.4, -0.2) is 13.0 Å². The van der Waals surface area contributed by atoms with Crippen LogP contribution in [0.1, 0.15) is 50.4 Å². The molecule has 1 atom stereocenters. The number of ether oxygens (including phenoxy) is 1. The molecule has 0 aliphatic heterocycles. The lowest BCUT2D eigenvalue weighted by Crippen LogP contribution is -2.24. The quantitative estimate of drug-likeness (QED) is 0.789. The molecule has 0 heterocycles. The van der Waals surface area contributed by atoms with E-state index >= 15 is 0 Å². The minimum Gasteiger partial charge on any atom is -0.496 e. The highest BCUT2D eigenvalue weighted by molar-refractivity contribution is 5.92. The van der Waals surface area contributed by atoms with Crippen LogP contribution in [0.5, 0.6) is 5.75 Å². The van der Waals surface area contributed by atoms with Crippen molar-refractivity contribution >= 4 is 12.0 Å². The van der Waals surface area contributed by atoms with Gasteiger partial charge < -0.3 is 10.1 Å². The Hall–Kier alpha value is -2.55. The third-order valence-electron chi connectivity index (χ3n) is 4.17. The van der Waals surface area contributed by atoms with E-state index in [4.69, 9.17) is 4.74 Å². The molecule has 0 fully saturated rings. The lowest BCUT2D eigenvalue weighted by atomic mass is 9.87. The van der Waals surface area contributed by atoms with Gasteiger partial charge in [-0.05, 0) is 35.6 Å². The summed E-state index contributed by atoms with van der Waals surface area (Å²) in [6.45, 7) is 8.50. The molecule has 0 saturated heterocycles. The highest BCUT2D eigenvalue weighted by Crippen LogP contribution is 2.24. The number of carbonyl (C=O) groups is 1. The van der Waals surface area contributed by atoms with Crippen LogP contribution in [0.3, 0.4) is 0 Å². The second-order valence-corrected chi connectivity index (χ2v) is 7.18. The first-order chi connectivity index (χ1) is 11.8. The van der Waals surface area contributed by atoms with Crippen LogP contribution in [0.15, 0.2) is 54.6 Å². The molecule has 0 aromatic heterocycles. The maximum atomic E-state index is 12.2. The minimum absolute atomic E-state index is 0.127. The van der Waals surface area contributed by atoms with Crippen molar-refractivity contribution in [2.24, 2.45) is 0 Å². The summed E-state index contributed by atoms with van der Waals surface area (Å²) < 4.78 is 5.35. The van der Waals surface area contributed by atoms with Crippen LogP contribution >= 0.6 is 0 Å². The fourth-order valence-corrected chi connectivity index (χ4v) is 2.63. The van der Waals surface area contributed by atoms with E-state index in [0.29, 0.717) is 0 Å². The molecule has 3 heteroatoms. The molecule has 0 aliphatic carbocycles. The summed E-state index contributed by atoms with van der Waals surface area (Å²) in [5, 5.41) is 2.97. The summed E-state index contributed by atoms with van der Waals surface area (Å²) in [6, 6.07) is 15.9. The molecule has 2 rings (SSSR count). The summed E-state index contributed by atoms with van der Waals surface area (Å²) in [6.07, 6.45) is 3.40. The van der Waals surface area contributed by atoms with Gasteiger partial charge in [-0.15, -0.1) is 0 Å². The van der Waals surface area contributed by atoms with E-state index < -0.39 is 0 Å². The predicted octanol–water partition coefficient (Wildman–Crippen LogP) is 4.88. The molecular weight excluding hydrogens is 310 g/mol. The van der Waals surface area contributed by atoms with E-state index in [-0.39, 0.29) is 17.4 Å². The zero-order chi connectivity index (χ0) is 18.4. The average Bonchev–Trinajstić information content (AvgIpc) is 2.59. The SMILES string of the molecule is COc1ccccc1[C@@H](C)NC(=O)/C=C/c1ccc(C(C)(C)C)cc1. The van der Waals surface area contributed by atoms with Crippen molar-refractivity contribution in [3.05, 3.63) is 71.3 Å². The Bertz CT molecular complexity index is 739. The van der Waals surface area contributed by atoms with Crippen molar-refractivity contribution in [1.29, 1.82) is 0 Å². The van der Waals surface area contributed by atoms with Crippen molar-refractivity contribution in [2.45, 2.75) is 39.2 Å². The maximum absolute atomic E-state index is 12.2. The van der Waals surface area contributed by atoms with Crippen LogP contribution < -0.4 is 10.1 Å². The minimum atomic E-state index is -0.128. The van der Waals surface area contributed by atoms with Gasteiger partial charge >= 0.3 is 0 Å². The lowest BCUT2D eigenvalue weighted by Gasteiger charge is -2.18. The number of nitrogens with one attached hydrogen (secondary N) is 1. The zero-order valence-electron chi connectivity index (χ0n) is 15.7. The van der Waals surface area contributed by atoms with Gasteiger partial charge in [-0.2, -0.15) is 0 Å². The third-order valence-corrected chi connectivity index (χ3v) is 4.17. The molecule has 2 aromatic carbocycles. The molecule has 1 amide bonds. The molecule has 3 nitrogen and oxygen atoms in total. The Kier molecular flexibility index (Phi) is 6.02. The van der Waals surface area contributed by atoms with Gasteiger partial charge in [0, 0.05) is 11.6 Å². The molecule has 0 unspecified atom stereocenters. The van der Waals surface area contributed by atoms with Gasteiger partial charge in [0.1, 0.15) is 5.75 Å². The van der Waals surface area contributed by atoms with Gasteiger partial charge in [0.2, 0.25) is 5.91 Å². The fourth-order valence-electron chi connectivity index (χ4n) is 2.63. The number of para-hydroxylation sites is 1. The van der Waals surface area contributed by atoms with Crippen LogP contribution in [0.4, 0.5) is 0 Å². The van der Waals surface area contributed by atoms with Gasteiger partial charge in [0.25, 0.3) is 0 Å². The highest BCUT2D eigenvalue weighted by Gasteiger charge is 2.13. The number of hydrogen-bond donors (Lipinski definition) is 1. The number of rotatable bonds is 5. The Morgan fingerprint density at radius 1 is 1.08 bits per heavy atom. The topological polar surface area (TPSA) is 38.3 Å². The van der Waals surface area contributed by atoms with E-state index in [1.54, 1.807) is 13.2 Å². The highest BCUT2D eigenvalue weighted by atomic mass is 16.5. The van der Waals surface area contributed by atoms with Crippen molar-refractivity contribution in [3.63, 3.8) is 0 Å². The van der Waals surface area contributed by atoms with E-state index in [2.05, 4.69) is 38.2 Å². The first-order valence-electron chi connectivity index (χ1n) is 8.53. The Morgan fingerprint density at radius 2 is 1.72 bits per heavy atom. The van der Waals surface area contributed by atoms with E-state index in [1.165, 1.54) is 5.56 Å². The fraction of sp³-hybridized carbons (Fsp3) is 0.318. The number of carbonyl (C=O) groups excluding carboxylic acids is 1. The first-order valence-corrected chi connectivity index (χ1v) is 8.53. The molecule has 25 heavy (non-hydrogen) atoms. The summed E-state index contributed by atoms with van der Waals surface area (Å²) in [4.78, 5) is 12.2.